The summed E-state index contributed by atoms with van der Waals surface area (Å²) in [5, 5.41) is 3.86. The van der Waals surface area contributed by atoms with Gasteiger partial charge in [0.05, 0.1) is 12.7 Å². The van der Waals surface area contributed by atoms with E-state index in [0.717, 1.165) is 11.1 Å². The van der Waals surface area contributed by atoms with Gasteiger partial charge in [0.25, 0.3) is 0 Å². The standard InChI is InChI=1S/C17H15NO4/c1-12-5-2-3-6-13(12)9-17(19)21-11-14-10-16(22-18-14)15-7-4-8-20-15/h2-8,10H,9,11H2,1H3. The van der Waals surface area contributed by atoms with Gasteiger partial charge in [-0.3, -0.25) is 4.79 Å². The van der Waals surface area contributed by atoms with Crippen molar-refractivity contribution in [2.75, 3.05) is 0 Å². The highest BCUT2D eigenvalue weighted by Gasteiger charge is 2.12. The molecule has 0 saturated carbocycles. The Morgan fingerprint density at radius 3 is 2.82 bits per heavy atom. The molecule has 0 radical (unpaired) electrons. The van der Waals surface area contributed by atoms with Gasteiger partial charge in [0.1, 0.15) is 12.3 Å². The van der Waals surface area contributed by atoms with E-state index in [1.165, 1.54) is 0 Å². The summed E-state index contributed by atoms with van der Waals surface area (Å²) in [5.41, 5.74) is 2.58. The minimum absolute atomic E-state index is 0.0783. The number of aromatic nitrogens is 1. The van der Waals surface area contributed by atoms with Crippen LogP contribution in [-0.4, -0.2) is 11.1 Å². The summed E-state index contributed by atoms with van der Waals surface area (Å²) < 4.78 is 15.6. The zero-order valence-corrected chi connectivity index (χ0v) is 12.1. The van der Waals surface area contributed by atoms with Crippen molar-refractivity contribution < 1.29 is 18.5 Å². The molecule has 1 aromatic carbocycles. The summed E-state index contributed by atoms with van der Waals surface area (Å²) in [6, 6.07) is 13.0. The van der Waals surface area contributed by atoms with Crippen LogP contribution in [0.2, 0.25) is 0 Å². The quantitative estimate of drug-likeness (QED) is 0.674. The first-order chi connectivity index (χ1) is 10.7. The van der Waals surface area contributed by atoms with Gasteiger partial charge in [0, 0.05) is 6.07 Å². The number of aryl methyl sites for hydroxylation is 1. The Balaban J connectivity index is 1.56. The summed E-state index contributed by atoms with van der Waals surface area (Å²) in [6.45, 7) is 2.05. The molecule has 2 aromatic heterocycles. The lowest BCUT2D eigenvalue weighted by Crippen LogP contribution is -2.09. The summed E-state index contributed by atoms with van der Waals surface area (Å²) >= 11 is 0. The van der Waals surface area contributed by atoms with Gasteiger partial charge in [-0.25, -0.2) is 0 Å². The van der Waals surface area contributed by atoms with Gasteiger partial charge in [0.2, 0.25) is 5.76 Å². The third-order valence-corrected chi connectivity index (χ3v) is 3.30. The van der Waals surface area contributed by atoms with E-state index in [4.69, 9.17) is 13.7 Å². The van der Waals surface area contributed by atoms with Gasteiger partial charge in [0.15, 0.2) is 5.76 Å². The van der Waals surface area contributed by atoms with E-state index in [2.05, 4.69) is 5.16 Å². The maximum atomic E-state index is 11.9. The highest BCUT2D eigenvalue weighted by atomic mass is 16.5. The van der Waals surface area contributed by atoms with Gasteiger partial charge < -0.3 is 13.7 Å². The number of hydrogen-bond acceptors (Lipinski definition) is 5. The van der Waals surface area contributed by atoms with Gasteiger partial charge in [-0.1, -0.05) is 29.4 Å². The molecule has 0 N–H and O–H groups in total. The molecule has 0 unspecified atom stereocenters. The zero-order chi connectivity index (χ0) is 15.4. The molecule has 0 amide bonds. The van der Waals surface area contributed by atoms with E-state index < -0.39 is 0 Å². The minimum atomic E-state index is -0.295. The summed E-state index contributed by atoms with van der Waals surface area (Å²) in [6.07, 6.45) is 1.80. The highest BCUT2D eigenvalue weighted by Crippen LogP contribution is 2.20. The van der Waals surface area contributed by atoms with E-state index in [1.54, 1.807) is 24.5 Å². The molecular formula is C17H15NO4. The molecular weight excluding hydrogens is 282 g/mol. The minimum Gasteiger partial charge on any atom is -0.461 e. The SMILES string of the molecule is Cc1ccccc1CC(=O)OCc1cc(-c2ccco2)on1. The van der Waals surface area contributed by atoms with Gasteiger partial charge in [-0.2, -0.15) is 0 Å². The van der Waals surface area contributed by atoms with Crippen LogP contribution in [0, 0.1) is 6.92 Å². The van der Waals surface area contributed by atoms with Gasteiger partial charge in [-0.15, -0.1) is 0 Å². The Bertz CT molecular complexity index is 759. The predicted molar refractivity (Wildman–Crippen MR) is 78.9 cm³/mol. The normalized spacial score (nSPS) is 10.6. The Hall–Kier alpha value is -2.82. The fourth-order valence-corrected chi connectivity index (χ4v) is 2.08. The molecule has 0 fully saturated rings. The number of ether oxygens (including phenoxy) is 1. The van der Waals surface area contributed by atoms with Crippen molar-refractivity contribution in [1.82, 2.24) is 5.16 Å². The fraction of sp³-hybridized carbons (Fsp3) is 0.176. The van der Waals surface area contributed by atoms with Crippen LogP contribution in [0.4, 0.5) is 0 Å². The molecule has 0 aliphatic rings. The molecule has 0 atom stereocenters. The molecule has 3 aromatic rings. The molecule has 5 heteroatoms. The first-order valence-corrected chi connectivity index (χ1v) is 6.92. The van der Waals surface area contributed by atoms with Crippen LogP contribution in [0.1, 0.15) is 16.8 Å². The first-order valence-electron chi connectivity index (χ1n) is 6.92. The second-order valence-corrected chi connectivity index (χ2v) is 4.92. The van der Waals surface area contributed by atoms with Crippen LogP contribution in [0.3, 0.4) is 0 Å². The highest BCUT2D eigenvalue weighted by molar-refractivity contribution is 5.73. The van der Waals surface area contributed by atoms with E-state index in [9.17, 15) is 4.79 Å². The lowest BCUT2D eigenvalue weighted by molar-refractivity contribution is -0.144. The van der Waals surface area contributed by atoms with E-state index in [0.29, 0.717) is 17.2 Å². The van der Waals surface area contributed by atoms with Crippen LogP contribution in [0.15, 0.2) is 57.7 Å². The summed E-state index contributed by atoms with van der Waals surface area (Å²) in [7, 11) is 0. The van der Waals surface area contributed by atoms with Crippen LogP contribution in [0.25, 0.3) is 11.5 Å². The topological polar surface area (TPSA) is 65.5 Å². The van der Waals surface area contributed by atoms with Crippen molar-refractivity contribution in [3.8, 4) is 11.5 Å². The Labute approximate surface area is 127 Å². The lowest BCUT2D eigenvalue weighted by Gasteiger charge is -2.05. The molecule has 2 heterocycles. The number of carbonyl (C=O) groups is 1. The van der Waals surface area contributed by atoms with Crippen LogP contribution in [-0.2, 0) is 22.6 Å². The lowest BCUT2D eigenvalue weighted by atomic mass is 10.1. The number of nitrogens with zero attached hydrogens (tertiary/aromatic N) is 1. The Morgan fingerprint density at radius 2 is 2.05 bits per heavy atom. The van der Waals surface area contributed by atoms with E-state index in [1.807, 2.05) is 31.2 Å². The predicted octanol–water partition coefficient (Wildman–Crippen LogP) is 3.53. The number of hydrogen-bond donors (Lipinski definition) is 0. The second kappa shape index (κ2) is 6.30. The molecule has 0 bridgehead atoms. The largest absolute Gasteiger partial charge is 0.461 e. The number of rotatable bonds is 5. The molecule has 5 nitrogen and oxygen atoms in total. The third-order valence-electron chi connectivity index (χ3n) is 3.30. The van der Waals surface area contributed by atoms with Crippen molar-refractivity contribution in [3.63, 3.8) is 0 Å². The Kier molecular flexibility index (Phi) is 4.05. The van der Waals surface area contributed by atoms with Crippen molar-refractivity contribution in [1.29, 1.82) is 0 Å². The molecule has 0 spiro atoms. The van der Waals surface area contributed by atoms with Crippen molar-refractivity contribution in [2.45, 2.75) is 20.0 Å². The van der Waals surface area contributed by atoms with Crippen LogP contribution >= 0.6 is 0 Å². The van der Waals surface area contributed by atoms with Crippen molar-refractivity contribution >= 4 is 5.97 Å². The monoisotopic (exact) mass is 297 g/mol. The maximum Gasteiger partial charge on any atom is 0.310 e. The average molecular weight is 297 g/mol. The average Bonchev–Trinajstić information content (AvgIpc) is 3.18. The maximum absolute atomic E-state index is 11.9. The Morgan fingerprint density at radius 1 is 1.18 bits per heavy atom. The third kappa shape index (κ3) is 3.25. The number of benzene rings is 1. The van der Waals surface area contributed by atoms with E-state index >= 15 is 0 Å². The van der Waals surface area contributed by atoms with Gasteiger partial charge in [-0.05, 0) is 30.2 Å². The van der Waals surface area contributed by atoms with Crippen LogP contribution in [0.5, 0.6) is 0 Å². The van der Waals surface area contributed by atoms with E-state index in [-0.39, 0.29) is 19.0 Å². The second-order valence-electron chi connectivity index (χ2n) is 4.92. The van der Waals surface area contributed by atoms with Crippen molar-refractivity contribution in [2.24, 2.45) is 0 Å². The number of esters is 1. The first kappa shape index (κ1) is 14.1. The summed E-state index contributed by atoms with van der Waals surface area (Å²) in [5.74, 6) is 0.803. The van der Waals surface area contributed by atoms with Gasteiger partial charge >= 0.3 is 5.97 Å². The van der Waals surface area contributed by atoms with Crippen molar-refractivity contribution in [3.05, 3.63) is 65.5 Å². The summed E-state index contributed by atoms with van der Waals surface area (Å²) in [4.78, 5) is 11.9. The molecule has 3 rings (SSSR count). The number of furan rings is 1. The molecule has 0 aliphatic heterocycles. The molecule has 112 valence electrons. The molecule has 0 aliphatic carbocycles. The zero-order valence-electron chi connectivity index (χ0n) is 12.1. The molecule has 0 saturated heterocycles. The number of carbonyl (C=O) groups excluding carboxylic acids is 1. The smallest absolute Gasteiger partial charge is 0.310 e. The van der Waals surface area contributed by atoms with Crippen LogP contribution < -0.4 is 0 Å². The molecule has 22 heavy (non-hydrogen) atoms. The fourth-order valence-electron chi connectivity index (χ4n) is 2.08.